The van der Waals surface area contributed by atoms with Crippen molar-refractivity contribution in [3.63, 3.8) is 0 Å². The summed E-state index contributed by atoms with van der Waals surface area (Å²) in [6.45, 7) is 4.70. The number of furan rings is 1. The molecule has 2 N–H and O–H groups in total. The first-order valence-electron chi connectivity index (χ1n) is 7.67. The fraction of sp³-hybridized carbons (Fsp3) is 0.412. The summed E-state index contributed by atoms with van der Waals surface area (Å²) in [5.74, 6) is 0.593. The van der Waals surface area contributed by atoms with Crippen LogP contribution >= 0.6 is 0 Å². The molecule has 0 amide bonds. The number of nitrogens with zero attached hydrogens (tertiary/aromatic N) is 1. The summed E-state index contributed by atoms with van der Waals surface area (Å²) in [6, 6.07) is 12.1. The maximum absolute atomic E-state index is 9.93. The Balaban J connectivity index is 1.46. The quantitative estimate of drug-likeness (QED) is 0.854. The van der Waals surface area contributed by atoms with Gasteiger partial charge in [-0.3, -0.25) is 0 Å². The van der Waals surface area contributed by atoms with Gasteiger partial charge in [-0.1, -0.05) is 12.1 Å². The number of rotatable bonds is 6. The van der Waals surface area contributed by atoms with E-state index in [-0.39, 0.29) is 0 Å². The van der Waals surface area contributed by atoms with Gasteiger partial charge in [0.15, 0.2) is 0 Å². The Hall–Kier alpha value is -1.82. The first-order chi connectivity index (χ1) is 10.8. The minimum atomic E-state index is -0.609. The van der Waals surface area contributed by atoms with Crippen LogP contribution < -0.4 is 10.2 Å². The topological polar surface area (TPSA) is 57.9 Å². The van der Waals surface area contributed by atoms with Crippen molar-refractivity contribution in [1.82, 2.24) is 5.32 Å². The van der Waals surface area contributed by atoms with Crippen molar-refractivity contribution in [2.75, 3.05) is 37.7 Å². The number of aliphatic hydroxyl groups is 1. The van der Waals surface area contributed by atoms with E-state index < -0.39 is 6.10 Å². The lowest BCUT2D eigenvalue weighted by Gasteiger charge is -2.28. The molecule has 0 saturated carbocycles. The molecule has 1 aromatic heterocycles. The van der Waals surface area contributed by atoms with E-state index in [1.807, 2.05) is 0 Å². The summed E-state index contributed by atoms with van der Waals surface area (Å²) in [5, 5.41) is 13.2. The van der Waals surface area contributed by atoms with Gasteiger partial charge >= 0.3 is 0 Å². The highest BCUT2D eigenvalue weighted by molar-refractivity contribution is 5.47. The van der Waals surface area contributed by atoms with Gasteiger partial charge in [0.25, 0.3) is 0 Å². The largest absolute Gasteiger partial charge is 0.467 e. The zero-order valence-corrected chi connectivity index (χ0v) is 12.6. The van der Waals surface area contributed by atoms with Crippen molar-refractivity contribution in [2.24, 2.45) is 0 Å². The first kappa shape index (κ1) is 15.1. The zero-order valence-electron chi connectivity index (χ0n) is 12.6. The van der Waals surface area contributed by atoms with E-state index in [1.54, 1.807) is 18.4 Å². The second-order valence-corrected chi connectivity index (χ2v) is 5.43. The summed E-state index contributed by atoms with van der Waals surface area (Å²) in [6.07, 6.45) is 0.964. The molecule has 1 aliphatic heterocycles. The molecule has 1 unspecified atom stereocenters. The summed E-state index contributed by atoms with van der Waals surface area (Å²) >= 11 is 0. The van der Waals surface area contributed by atoms with Crippen LogP contribution in [0.2, 0.25) is 0 Å². The molecule has 0 spiro atoms. The molecular weight excluding hydrogens is 280 g/mol. The smallest absolute Gasteiger partial charge is 0.133 e. The van der Waals surface area contributed by atoms with E-state index in [4.69, 9.17) is 9.15 Å². The van der Waals surface area contributed by atoms with Gasteiger partial charge in [-0.15, -0.1) is 0 Å². The molecule has 22 heavy (non-hydrogen) atoms. The Kier molecular flexibility index (Phi) is 5.11. The molecule has 1 aromatic carbocycles. The van der Waals surface area contributed by atoms with E-state index in [0.717, 1.165) is 32.8 Å². The van der Waals surface area contributed by atoms with Gasteiger partial charge in [-0.05, 0) is 29.8 Å². The number of benzene rings is 1. The molecule has 0 radical (unpaired) electrons. The number of nitrogens with one attached hydrogen (secondary N) is 1. The summed E-state index contributed by atoms with van der Waals surface area (Å²) in [5.41, 5.74) is 2.44. The maximum atomic E-state index is 9.93. The first-order valence-corrected chi connectivity index (χ1v) is 7.67. The number of aliphatic hydroxyl groups excluding tert-OH is 1. The van der Waals surface area contributed by atoms with Crippen molar-refractivity contribution < 1.29 is 14.3 Å². The Morgan fingerprint density at radius 2 is 1.91 bits per heavy atom. The standard InChI is InChI=1S/C17H22N2O3/c20-16(17-2-1-9-22-17)13-18-12-14-3-5-15(6-4-14)19-7-10-21-11-8-19/h1-6,9,16,18,20H,7-8,10-13H2. The highest BCUT2D eigenvalue weighted by Crippen LogP contribution is 2.17. The van der Waals surface area contributed by atoms with Gasteiger partial charge in [-0.2, -0.15) is 0 Å². The minimum Gasteiger partial charge on any atom is -0.467 e. The van der Waals surface area contributed by atoms with Gasteiger partial charge in [0.05, 0.1) is 19.5 Å². The third-order valence-corrected chi connectivity index (χ3v) is 3.85. The van der Waals surface area contributed by atoms with E-state index >= 15 is 0 Å². The van der Waals surface area contributed by atoms with Crippen molar-refractivity contribution in [2.45, 2.75) is 12.6 Å². The van der Waals surface area contributed by atoms with E-state index in [0.29, 0.717) is 12.3 Å². The molecular formula is C17H22N2O3. The molecule has 0 aliphatic carbocycles. The lowest BCUT2D eigenvalue weighted by molar-refractivity contribution is 0.122. The monoisotopic (exact) mass is 302 g/mol. The molecule has 1 aliphatic rings. The normalized spacial score (nSPS) is 16.7. The maximum Gasteiger partial charge on any atom is 0.133 e. The van der Waals surface area contributed by atoms with Gasteiger partial charge in [0.1, 0.15) is 11.9 Å². The lowest BCUT2D eigenvalue weighted by Crippen LogP contribution is -2.36. The summed E-state index contributed by atoms with van der Waals surface area (Å²) < 4.78 is 10.5. The Labute approximate surface area is 130 Å². The molecule has 3 rings (SSSR count). The fourth-order valence-corrected chi connectivity index (χ4v) is 2.58. The van der Waals surface area contributed by atoms with Crippen molar-refractivity contribution >= 4 is 5.69 Å². The fourth-order valence-electron chi connectivity index (χ4n) is 2.58. The Bertz CT molecular complexity index is 548. The Morgan fingerprint density at radius 1 is 1.14 bits per heavy atom. The van der Waals surface area contributed by atoms with Gasteiger partial charge in [0, 0.05) is 31.9 Å². The number of ether oxygens (including phenoxy) is 1. The molecule has 1 fully saturated rings. The van der Waals surface area contributed by atoms with E-state index in [9.17, 15) is 5.11 Å². The van der Waals surface area contributed by atoms with E-state index in [1.165, 1.54) is 11.3 Å². The average Bonchev–Trinajstić information content (AvgIpc) is 3.11. The summed E-state index contributed by atoms with van der Waals surface area (Å²) in [4.78, 5) is 2.33. The minimum absolute atomic E-state index is 0.471. The molecule has 2 heterocycles. The van der Waals surface area contributed by atoms with Crippen LogP contribution in [0.25, 0.3) is 0 Å². The average molecular weight is 302 g/mol. The van der Waals surface area contributed by atoms with Crippen LogP contribution in [0.5, 0.6) is 0 Å². The van der Waals surface area contributed by atoms with Crippen LogP contribution in [-0.4, -0.2) is 38.0 Å². The molecule has 2 aromatic rings. The number of anilines is 1. The molecule has 0 bridgehead atoms. The SMILES string of the molecule is OC(CNCc1ccc(N2CCOCC2)cc1)c1ccco1. The predicted molar refractivity (Wildman–Crippen MR) is 84.8 cm³/mol. The zero-order chi connectivity index (χ0) is 15.2. The summed E-state index contributed by atoms with van der Waals surface area (Å²) in [7, 11) is 0. The van der Waals surface area contributed by atoms with Gasteiger partial charge in [0.2, 0.25) is 0 Å². The molecule has 5 nitrogen and oxygen atoms in total. The van der Waals surface area contributed by atoms with Crippen LogP contribution in [0.3, 0.4) is 0 Å². The Morgan fingerprint density at radius 3 is 2.59 bits per heavy atom. The van der Waals surface area contributed by atoms with E-state index in [2.05, 4.69) is 34.5 Å². The number of morpholine rings is 1. The van der Waals surface area contributed by atoms with Crippen LogP contribution in [0.15, 0.2) is 47.1 Å². The second-order valence-electron chi connectivity index (χ2n) is 5.43. The number of hydrogen-bond donors (Lipinski definition) is 2. The van der Waals surface area contributed by atoms with Gasteiger partial charge in [-0.25, -0.2) is 0 Å². The third-order valence-electron chi connectivity index (χ3n) is 3.85. The molecule has 1 saturated heterocycles. The lowest BCUT2D eigenvalue weighted by atomic mass is 10.2. The number of hydrogen-bond acceptors (Lipinski definition) is 5. The van der Waals surface area contributed by atoms with Crippen molar-refractivity contribution in [3.8, 4) is 0 Å². The van der Waals surface area contributed by atoms with Crippen molar-refractivity contribution in [3.05, 3.63) is 54.0 Å². The van der Waals surface area contributed by atoms with Crippen LogP contribution in [0.4, 0.5) is 5.69 Å². The van der Waals surface area contributed by atoms with Crippen molar-refractivity contribution in [1.29, 1.82) is 0 Å². The highest BCUT2D eigenvalue weighted by atomic mass is 16.5. The third kappa shape index (κ3) is 3.88. The van der Waals surface area contributed by atoms with Gasteiger partial charge < -0.3 is 24.5 Å². The van der Waals surface area contributed by atoms with Crippen LogP contribution in [0.1, 0.15) is 17.4 Å². The van der Waals surface area contributed by atoms with Crippen LogP contribution in [-0.2, 0) is 11.3 Å². The van der Waals surface area contributed by atoms with Crippen LogP contribution in [0, 0.1) is 0 Å². The second kappa shape index (κ2) is 7.45. The molecule has 118 valence electrons. The molecule has 1 atom stereocenters. The highest BCUT2D eigenvalue weighted by Gasteiger charge is 2.11. The predicted octanol–water partition coefficient (Wildman–Crippen LogP) is 1.94. The molecule has 5 heteroatoms.